The van der Waals surface area contributed by atoms with Crippen LogP contribution in [0.15, 0.2) is 54.6 Å². The molecule has 0 heterocycles. The van der Waals surface area contributed by atoms with E-state index in [1.165, 1.54) is 54.6 Å². The van der Waals surface area contributed by atoms with Gasteiger partial charge in [0.05, 0.1) is 16.7 Å². The van der Waals surface area contributed by atoms with Gasteiger partial charge in [0, 0.05) is 0 Å². The fourth-order valence-electron chi connectivity index (χ4n) is 2.55. The molecule has 7 heteroatoms. The van der Waals surface area contributed by atoms with Gasteiger partial charge in [-0.05, 0) is 59.3 Å². The molecule has 0 aromatic heterocycles. The molecule has 0 radical (unpaired) electrons. The molecule has 0 aliphatic rings. The standard InChI is InChI=1S/C19H12O7/c20-12-4-8-14-11(9-12)3-7-15(16(14)18(23)24)19(25)26-13-5-1-10(2-6-13)17(21)22/h1-9,20H,(H,21,22)(H,23,24). The predicted molar refractivity (Wildman–Crippen MR) is 90.9 cm³/mol. The number of hydrogen-bond acceptors (Lipinski definition) is 5. The fourth-order valence-corrected chi connectivity index (χ4v) is 2.55. The van der Waals surface area contributed by atoms with Crippen molar-refractivity contribution in [2.24, 2.45) is 0 Å². The first-order chi connectivity index (χ1) is 12.4. The maximum absolute atomic E-state index is 12.4. The quantitative estimate of drug-likeness (QED) is 0.487. The van der Waals surface area contributed by atoms with E-state index in [9.17, 15) is 24.6 Å². The van der Waals surface area contributed by atoms with E-state index in [4.69, 9.17) is 9.84 Å². The zero-order valence-corrected chi connectivity index (χ0v) is 13.2. The number of carboxylic acids is 2. The molecule has 0 spiro atoms. The first kappa shape index (κ1) is 17.0. The lowest BCUT2D eigenvalue weighted by molar-refractivity contribution is 0.0668. The molecule has 0 saturated heterocycles. The van der Waals surface area contributed by atoms with Crippen molar-refractivity contribution in [2.45, 2.75) is 0 Å². The second-order valence-electron chi connectivity index (χ2n) is 5.42. The van der Waals surface area contributed by atoms with Crippen LogP contribution in [0.2, 0.25) is 0 Å². The molecule has 3 aromatic carbocycles. The molecule has 0 atom stereocenters. The Morgan fingerprint density at radius 1 is 0.808 bits per heavy atom. The van der Waals surface area contributed by atoms with Crippen LogP contribution in [0.1, 0.15) is 31.1 Å². The third-order valence-corrected chi connectivity index (χ3v) is 3.75. The number of carboxylic acid groups (broad SMARTS) is 2. The van der Waals surface area contributed by atoms with Crippen molar-refractivity contribution in [3.05, 3.63) is 71.3 Å². The van der Waals surface area contributed by atoms with Crippen LogP contribution in [-0.4, -0.2) is 33.2 Å². The van der Waals surface area contributed by atoms with Crippen LogP contribution in [0.5, 0.6) is 11.5 Å². The van der Waals surface area contributed by atoms with E-state index >= 15 is 0 Å². The van der Waals surface area contributed by atoms with Gasteiger partial charge in [-0.2, -0.15) is 0 Å². The van der Waals surface area contributed by atoms with Gasteiger partial charge in [0.1, 0.15) is 11.5 Å². The Bertz CT molecular complexity index is 1040. The second kappa shape index (κ2) is 6.56. The number of hydrogen-bond donors (Lipinski definition) is 3. The Kier molecular flexibility index (Phi) is 4.28. The predicted octanol–water partition coefficient (Wildman–Crippen LogP) is 3.16. The highest BCUT2D eigenvalue weighted by Gasteiger charge is 2.21. The smallest absolute Gasteiger partial charge is 0.344 e. The third-order valence-electron chi connectivity index (χ3n) is 3.75. The lowest BCUT2D eigenvalue weighted by atomic mass is 9.98. The minimum absolute atomic E-state index is 0.0253. The summed E-state index contributed by atoms with van der Waals surface area (Å²) in [5, 5.41) is 28.6. The average Bonchev–Trinajstić information content (AvgIpc) is 2.60. The highest BCUT2D eigenvalue weighted by Crippen LogP contribution is 2.27. The maximum atomic E-state index is 12.4. The first-order valence-electron chi connectivity index (χ1n) is 7.41. The van der Waals surface area contributed by atoms with Crippen molar-refractivity contribution in [1.82, 2.24) is 0 Å². The van der Waals surface area contributed by atoms with Crippen LogP contribution in [0.25, 0.3) is 10.8 Å². The molecule has 0 aliphatic heterocycles. The van der Waals surface area contributed by atoms with Crippen LogP contribution in [0, 0.1) is 0 Å². The number of phenols is 1. The largest absolute Gasteiger partial charge is 0.508 e. The van der Waals surface area contributed by atoms with Gasteiger partial charge in [-0.1, -0.05) is 6.07 Å². The van der Waals surface area contributed by atoms with Gasteiger partial charge in [0.2, 0.25) is 0 Å². The van der Waals surface area contributed by atoms with E-state index in [0.29, 0.717) is 5.39 Å². The normalized spacial score (nSPS) is 10.5. The number of phenolic OH excluding ortho intramolecular Hbond substituents is 1. The minimum atomic E-state index is -1.31. The Hall–Kier alpha value is -3.87. The zero-order valence-electron chi connectivity index (χ0n) is 13.2. The van der Waals surface area contributed by atoms with E-state index in [-0.39, 0.29) is 33.6 Å². The number of carbonyl (C=O) groups is 3. The molecule has 3 rings (SSSR count). The van der Waals surface area contributed by atoms with Crippen molar-refractivity contribution in [2.75, 3.05) is 0 Å². The summed E-state index contributed by atoms with van der Waals surface area (Å²) in [5.41, 5.74) is -0.366. The van der Waals surface area contributed by atoms with Gasteiger partial charge < -0.3 is 20.1 Å². The van der Waals surface area contributed by atoms with Crippen LogP contribution in [-0.2, 0) is 0 Å². The lowest BCUT2D eigenvalue weighted by Crippen LogP contribution is -2.14. The van der Waals surface area contributed by atoms with Crippen molar-refractivity contribution >= 4 is 28.7 Å². The van der Waals surface area contributed by atoms with Crippen LogP contribution in [0.4, 0.5) is 0 Å². The van der Waals surface area contributed by atoms with Gasteiger partial charge >= 0.3 is 17.9 Å². The molecule has 3 N–H and O–H groups in total. The summed E-state index contributed by atoms with van der Waals surface area (Å²) in [4.78, 5) is 34.9. The fraction of sp³-hybridized carbons (Fsp3) is 0. The summed E-state index contributed by atoms with van der Waals surface area (Å²) >= 11 is 0. The number of rotatable bonds is 4. The van der Waals surface area contributed by atoms with E-state index in [0.717, 1.165) is 0 Å². The maximum Gasteiger partial charge on any atom is 0.344 e. The number of carbonyl (C=O) groups excluding carboxylic acids is 1. The molecule has 26 heavy (non-hydrogen) atoms. The minimum Gasteiger partial charge on any atom is -0.508 e. The van der Waals surface area contributed by atoms with Crippen LogP contribution in [0.3, 0.4) is 0 Å². The van der Waals surface area contributed by atoms with Crippen LogP contribution >= 0.6 is 0 Å². The molecule has 0 amide bonds. The summed E-state index contributed by atoms with van der Waals surface area (Å²) in [5.74, 6) is -3.26. The topological polar surface area (TPSA) is 121 Å². The van der Waals surface area contributed by atoms with Gasteiger partial charge in [-0.3, -0.25) is 0 Å². The summed E-state index contributed by atoms with van der Waals surface area (Å²) in [6, 6.07) is 12.1. The Morgan fingerprint density at radius 3 is 2.12 bits per heavy atom. The molecule has 0 aliphatic carbocycles. The molecule has 0 saturated carbocycles. The molecule has 0 fully saturated rings. The highest BCUT2D eigenvalue weighted by molar-refractivity contribution is 6.12. The Morgan fingerprint density at radius 2 is 1.50 bits per heavy atom. The number of aromatic hydroxyl groups is 1. The van der Waals surface area contributed by atoms with E-state index in [2.05, 4.69) is 0 Å². The molecule has 0 unspecified atom stereocenters. The van der Waals surface area contributed by atoms with Crippen LogP contribution < -0.4 is 4.74 Å². The van der Waals surface area contributed by atoms with Crippen molar-refractivity contribution in [1.29, 1.82) is 0 Å². The number of benzene rings is 3. The third kappa shape index (κ3) is 3.18. The molecule has 130 valence electrons. The highest BCUT2D eigenvalue weighted by atomic mass is 16.5. The van der Waals surface area contributed by atoms with Crippen molar-refractivity contribution in [3.63, 3.8) is 0 Å². The number of aromatic carboxylic acids is 2. The Labute approximate surface area is 146 Å². The number of ether oxygens (including phenoxy) is 1. The summed E-state index contributed by atoms with van der Waals surface area (Å²) in [6.07, 6.45) is 0. The van der Waals surface area contributed by atoms with Crippen molar-refractivity contribution in [3.8, 4) is 11.5 Å². The lowest BCUT2D eigenvalue weighted by Gasteiger charge is -2.10. The average molecular weight is 352 g/mol. The van der Waals surface area contributed by atoms with E-state index in [1.807, 2.05) is 0 Å². The monoisotopic (exact) mass is 352 g/mol. The van der Waals surface area contributed by atoms with E-state index < -0.39 is 17.9 Å². The van der Waals surface area contributed by atoms with Gasteiger partial charge in [0.25, 0.3) is 0 Å². The SMILES string of the molecule is O=C(O)c1ccc(OC(=O)c2ccc3cc(O)ccc3c2C(=O)O)cc1. The van der Waals surface area contributed by atoms with Gasteiger partial charge in [0.15, 0.2) is 0 Å². The van der Waals surface area contributed by atoms with E-state index in [1.54, 1.807) is 0 Å². The molecular formula is C19H12O7. The Balaban J connectivity index is 1.99. The molecular weight excluding hydrogens is 340 g/mol. The summed E-state index contributed by atoms with van der Waals surface area (Å²) in [6.45, 7) is 0. The second-order valence-corrected chi connectivity index (χ2v) is 5.42. The number of fused-ring (bicyclic) bond motifs is 1. The molecule has 0 bridgehead atoms. The summed E-state index contributed by atoms with van der Waals surface area (Å²) in [7, 11) is 0. The molecule has 3 aromatic rings. The van der Waals surface area contributed by atoms with Gasteiger partial charge in [-0.15, -0.1) is 0 Å². The zero-order chi connectivity index (χ0) is 18.8. The van der Waals surface area contributed by atoms with Crippen molar-refractivity contribution < 1.29 is 34.4 Å². The summed E-state index contributed by atoms with van der Waals surface area (Å²) < 4.78 is 5.15. The number of esters is 1. The van der Waals surface area contributed by atoms with Gasteiger partial charge in [-0.25, -0.2) is 14.4 Å². The first-order valence-corrected chi connectivity index (χ1v) is 7.41. The molecule has 7 nitrogen and oxygen atoms in total.